The van der Waals surface area contributed by atoms with Gasteiger partial charge in [0.05, 0.1) is 0 Å². The van der Waals surface area contributed by atoms with Gasteiger partial charge in [0.25, 0.3) is 0 Å². The summed E-state index contributed by atoms with van der Waals surface area (Å²) in [5.41, 5.74) is 0.820. The number of carbonyl (C=O) groups is 1. The quantitative estimate of drug-likeness (QED) is 0.830. The van der Waals surface area contributed by atoms with Crippen LogP contribution in [0.2, 0.25) is 0 Å². The lowest BCUT2D eigenvalue weighted by atomic mass is 9.91. The summed E-state index contributed by atoms with van der Waals surface area (Å²) >= 11 is 0. The molecule has 1 aromatic carbocycles. The lowest BCUT2D eigenvalue weighted by Crippen LogP contribution is -2.40. The van der Waals surface area contributed by atoms with E-state index in [4.69, 9.17) is 0 Å². The van der Waals surface area contributed by atoms with Crippen molar-refractivity contribution in [1.29, 1.82) is 0 Å². The Morgan fingerprint density at radius 3 is 2.35 bits per heavy atom. The minimum Gasteiger partial charge on any atom is -0.350 e. The zero-order valence-electron chi connectivity index (χ0n) is 11.7. The first-order valence-electron chi connectivity index (χ1n) is 7.09. The first-order chi connectivity index (χ1) is 9.67. The highest BCUT2D eigenvalue weighted by Crippen LogP contribution is 2.18. The van der Waals surface area contributed by atoms with E-state index in [0.717, 1.165) is 31.2 Å². The summed E-state index contributed by atoms with van der Waals surface area (Å²) in [5, 5.41) is 6.29. The van der Waals surface area contributed by atoms with Crippen LogP contribution in [0.1, 0.15) is 31.2 Å². The van der Waals surface area contributed by atoms with Crippen LogP contribution >= 0.6 is 0 Å². The zero-order valence-corrected chi connectivity index (χ0v) is 11.7. The molecule has 0 spiro atoms. The van der Waals surface area contributed by atoms with Gasteiger partial charge in [0.1, 0.15) is 5.82 Å². The summed E-state index contributed by atoms with van der Waals surface area (Å²) in [6, 6.07) is 6.92. The lowest BCUT2D eigenvalue weighted by molar-refractivity contribution is -0.117. The molecule has 0 aliphatic heterocycles. The molecular formula is C16H21FN2O. The van der Waals surface area contributed by atoms with Gasteiger partial charge in [0, 0.05) is 18.2 Å². The van der Waals surface area contributed by atoms with Gasteiger partial charge in [-0.15, -0.1) is 0 Å². The van der Waals surface area contributed by atoms with Crippen LogP contribution < -0.4 is 10.6 Å². The van der Waals surface area contributed by atoms with Crippen molar-refractivity contribution in [3.63, 3.8) is 0 Å². The third kappa shape index (κ3) is 4.46. The van der Waals surface area contributed by atoms with E-state index in [2.05, 4.69) is 10.6 Å². The Bertz CT molecular complexity index is 462. The van der Waals surface area contributed by atoms with Gasteiger partial charge in [0.15, 0.2) is 0 Å². The minimum atomic E-state index is -0.270. The number of carbonyl (C=O) groups excluding carboxylic acids is 1. The smallest absolute Gasteiger partial charge is 0.244 e. The fourth-order valence-corrected chi connectivity index (χ4v) is 2.52. The molecule has 0 atom stereocenters. The van der Waals surface area contributed by atoms with Crippen LogP contribution in [0.5, 0.6) is 0 Å². The number of halogens is 1. The molecule has 1 saturated carbocycles. The van der Waals surface area contributed by atoms with E-state index in [-0.39, 0.29) is 17.8 Å². The summed E-state index contributed by atoms with van der Waals surface area (Å²) in [5.74, 6) is -0.352. The van der Waals surface area contributed by atoms with Crippen LogP contribution in [0.3, 0.4) is 0 Å². The second kappa shape index (κ2) is 7.20. The highest BCUT2D eigenvalue weighted by atomic mass is 19.1. The maximum Gasteiger partial charge on any atom is 0.244 e. The topological polar surface area (TPSA) is 41.1 Å². The molecule has 20 heavy (non-hydrogen) atoms. The van der Waals surface area contributed by atoms with Crippen molar-refractivity contribution in [2.24, 2.45) is 0 Å². The number of nitrogens with one attached hydrogen (secondary N) is 2. The van der Waals surface area contributed by atoms with E-state index in [1.807, 2.05) is 7.05 Å². The molecule has 0 aromatic heterocycles. The van der Waals surface area contributed by atoms with Crippen LogP contribution in [-0.2, 0) is 4.79 Å². The van der Waals surface area contributed by atoms with Gasteiger partial charge in [-0.05, 0) is 56.5 Å². The normalized spacial score (nSPS) is 22.9. The molecule has 2 N–H and O–H groups in total. The van der Waals surface area contributed by atoms with Gasteiger partial charge in [-0.1, -0.05) is 12.1 Å². The van der Waals surface area contributed by atoms with Crippen molar-refractivity contribution < 1.29 is 9.18 Å². The second-order valence-electron chi connectivity index (χ2n) is 5.23. The minimum absolute atomic E-state index is 0.0813. The van der Waals surface area contributed by atoms with Crippen molar-refractivity contribution in [2.45, 2.75) is 37.8 Å². The van der Waals surface area contributed by atoms with Crippen molar-refractivity contribution >= 4 is 12.0 Å². The molecule has 0 radical (unpaired) electrons. The van der Waals surface area contributed by atoms with E-state index in [1.54, 1.807) is 18.2 Å². The maximum atomic E-state index is 12.7. The third-order valence-electron chi connectivity index (χ3n) is 3.78. The molecule has 0 unspecified atom stereocenters. The number of amides is 1. The van der Waals surface area contributed by atoms with Crippen molar-refractivity contribution in [3.8, 4) is 0 Å². The first kappa shape index (κ1) is 14.7. The van der Waals surface area contributed by atoms with Gasteiger partial charge in [0.2, 0.25) is 5.91 Å². The van der Waals surface area contributed by atoms with Crippen LogP contribution in [-0.4, -0.2) is 25.0 Å². The Labute approximate surface area is 119 Å². The summed E-state index contributed by atoms with van der Waals surface area (Å²) in [7, 11) is 1.98. The highest BCUT2D eigenvalue weighted by Gasteiger charge is 2.20. The molecule has 108 valence electrons. The molecule has 4 heteroatoms. The van der Waals surface area contributed by atoms with E-state index in [9.17, 15) is 9.18 Å². The maximum absolute atomic E-state index is 12.7. The lowest BCUT2D eigenvalue weighted by Gasteiger charge is -2.28. The summed E-state index contributed by atoms with van der Waals surface area (Å²) < 4.78 is 12.7. The van der Waals surface area contributed by atoms with Crippen LogP contribution in [0.15, 0.2) is 30.3 Å². The van der Waals surface area contributed by atoms with Gasteiger partial charge < -0.3 is 10.6 Å². The number of rotatable bonds is 4. The van der Waals surface area contributed by atoms with E-state index in [0.29, 0.717) is 6.04 Å². The molecule has 2 rings (SSSR count). The molecule has 1 aliphatic rings. The number of benzene rings is 1. The SMILES string of the molecule is CNC1CCC(NC(=O)C=Cc2ccc(F)cc2)CC1. The Kier molecular flexibility index (Phi) is 5.30. The Hall–Kier alpha value is -1.68. The summed E-state index contributed by atoms with van der Waals surface area (Å²) in [4.78, 5) is 11.8. The zero-order chi connectivity index (χ0) is 14.4. The van der Waals surface area contributed by atoms with Crippen molar-refractivity contribution in [3.05, 3.63) is 41.7 Å². The predicted molar refractivity (Wildman–Crippen MR) is 78.7 cm³/mol. The molecule has 0 saturated heterocycles. The number of hydrogen-bond donors (Lipinski definition) is 2. The van der Waals surface area contributed by atoms with Gasteiger partial charge in [-0.2, -0.15) is 0 Å². The molecule has 1 aromatic rings. The predicted octanol–water partition coefficient (Wildman–Crippen LogP) is 2.49. The molecule has 0 heterocycles. The van der Waals surface area contributed by atoms with Gasteiger partial charge in [-0.3, -0.25) is 4.79 Å². The molecule has 0 bridgehead atoms. The van der Waals surface area contributed by atoms with Crippen LogP contribution in [0, 0.1) is 5.82 Å². The second-order valence-corrected chi connectivity index (χ2v) is 5.23. The largest absolute Gasteiger partial charge is 0.350 e. The van der Waals surface area contributed by atoms with Crippen molar-refractivity contribution in [1.82, 2.24) is 10.6 Å². The molecule has 1 amide bonds. The van der Waals surface area contributed by atoms with Crippen molar-refractivity contribution in [2.75, 3.05) is 7.05 Å². The Morgan fingerprint density at radius 2 is 1.75 bits per heavy atom. The number of hydrogen-bond acceptors (Lipinski definition) is 2. The standard InChI is InChI=1S/C16H21FN2O/c1-18-14-7-9-15(10-8-14)19-16(20)11-4-12-2-5-13(17)6-3-12/h2-6,11,14-15,18H,7-10H2,1H3,(H,19,20). The molecule has 3 nitrogen and oxygen atoms in total. The fraction of sp³-hybridized carbons (Fsp3) is 0.438. The van der Waals surface area contributed by atoms with Gasteiger partial charge >= 0.3 is 0 Å². The van der Waals surface area contributed by atoms with Gasteiger partial charge in [-0.25, -0.2) is 4.39 Å². The average Bonchev–Trinajstić information content (AvgIpc) is 2.47. The van der Waals surface area contributed by atoms with E-state index < -0.39 is 0 Å². The monoisotopic (exact) mass is 276 g/mol. The van der Waals surface area contributed by atoms with Crippen LogP contribution in [0.25, 0.3) is 6.08 Å². The average molecular weight is 276 g/mol. The molecule has 1 aliphatic carbocycles. The third-order valence-corrected chi connectivity index (χ3v) is 3.78. The van der Waals surface area contributed by atoms with E-state index >= 15 is 0 Å². The Balaban J connectivity index is 1.79. The molecular weight excluding hydrogens is 255 g/mol. The fourth-order valence-electron chi connectivity index (χ4n) is 2.52. The highest BCUT2D eigenvalue weighted by molar-refractivity contribution is 5.91. The first-order valence-corrected chi connectivity index (χ1v) is 7.09. The van der Waals surface area contributed by atoms with E-state index in [1.165, 1.54) is 18.2 Å². The summed E-state index contributed by atoms with van der Waals surface area (Å²) in [6.45, 7) is 0. The summed E-state index contributed by atoms with van der Waals surface area (Å²) in [6.07, 6.45) is 7.45. The Morgan fingerprint density at radius 1 is 1.15 bits per heavy atom. The molecule has 1 fully saturated rings. The van der Waals surface area contributed by atoms with Crippen LogP contribution in [0.4, 0.5) is 4.39 Å².